The Morgan fingerprint density at radius 3 is 2.24 bits per heavy atom. The Morgan fingerprint density at radius 1 is 0.810 bits per heavy atom. The van der Waals surface area contributed by atoms with Crippen molar-refractivity contribution in [3.8, 4) is 22.6 Å². The van der Waals surface area contributed by atoms with Gasteiger partial charge in [-0.2, -0.15) is 0 Å². The van der Waals surface area contributed by atoms with Crippen LogP contribution in [0.5, 0.6) is 11.5 Å². The lowest BCUT2D eigenvalue weighted by molar-refractivity contribution is 0.414. The van der Waals surface area contributed by atoms with Crippen LogP contribution in [-0.4, -0.2) is 14.2 Å². The van der Waals surface area contributed by atoms with Gasteiger partial charge in [-0.05, 0) is 41.3 Å². The first-order chi connectivity index (χ1) is 10.2. The molecule has 0 fully saturated rings. The molecule has 3 heteroatoms. The smallest absolute Gasteiger partial charge is 0.134 e. The van der Waals surface area contributed by atoms with Crippen LogP contribution in [-0.2, 0) is 0 Å². The summed E-state index contributed by atoms with van der Waals surface area (Å²) in [5.41, 5.74) is 2.13. The second kappa shape index (κ2) is 5.66. The third-order valence-corrected chi connectivity index (χ3v) is 3.79. The molecule has 0 unspecified atom stereocenters. The van der Waals surface area contributed by atoms with E-state index in [1.165, 1.54) is 0 Å². The van der Waals surface area contributed by atoms with Crippen molar-refractivity contribution in [2.45, 2.75) is 0 Å². The van der Waals surface area contributed by atoms with Crippen LogP contribution in [0.4, 0.5) is 0 Å². The summed E-state index contributed by atoms with van der Waals surface area (Å²) < 4.78 is 10.9. The highest BCUT2D eigenvalue weighted by atomic mass is 35.5. The number of hydrogen-bond acceptors (Lipinski definition) is 2. The molecule has 0 heterocycles. The minimum absolute atomic E-state index is 0.725. The van der Waals surface area contributed by atoms with Crippen LogP contribution < -0.4 is 9.47 Å². The lowest BCUT2D eigenvalue weighted by atomic mass is 9.99. The monoisotopic (exact) mass is 298 g/mol. The molecule has 0 aliphatic rings. The molecule has 0 atom stereocenters. The van der Waals surface area contributed by atoms with Gasteiger partial charge in [-0.15, -0.1) is 0 Å². The molecule has 0 saturated carbocycles. The molecule has 0 spiro atoms. The highest BCUT2D eigenvalue weighted by molar-refractivity contribution is 6.30. The fourth-order valence-electron chi connectivity index (χ4n) is 2.48. The Balaban J connectivity index is 2.22. The van der Waals surface area contributed by atoms with E-state index in [0.29, 0.717) is 0 Å². The van der Waals surface area contributed by atoms with Gasteiger partial charge in [0, 0.05) is 16.0 Å². The molecule has 0 saturated heterocycles. The van der Waals surface area contributed by atoms with Crippen molar-refractivity contribution in [1.29, 1.82) is 0 Å². The van der Waals surface area contributed by atoms with Crippen molar-refractivity contribution < 1.29 is 9.47 Å². The zero-order valence-corrected chi connectivity index (χ0v) is 12.6. The molecule has 3 rings (SSSR count). The number of benzene rings is 3. The molecular formula is C18H15ClO2. The molecule has 0 radical (unpaired) electrons. The van der Waals surface area contributed by atoms with Gasteiger partial charge < -0.3 is 9.47 Å². The molecule has 3 aromatic rings. The molecule has 3 aromatic carbocycles. The molecule has 21 heavy (non-hydrogen) atoms. The number of rotatable bonds is 3. The van der Waals surface area contributed by atoms with Crippen molar-refractivity contribution in [3.05, 3.63) is 59.6 Å². The topological polar surface area (TPSA) is 18.5 Å². The SMILES string of the molecule is COc1ccc2c(OC)c(-c3ccc(Cl)cc3)ccc2c1. The summed E-state index contributed by atoms with van der Waals surface area (Å²) in [6.45, 7) is 0. The molecule has 0 amide bonds. The number of ether oxygens (including phenoxy) is 2. The predicted octanol–water partition coefficient (Wildman–Crippen LogP) is 5.18. The Bertz CT molecular complexity index is 779. The van der Waals surface area contributed by atoms with Gasteiger partial charge in [0.05, 0.1) is 14.2 Å². The van der Waals surface area contributed by atoms with Gasteiger partial charge in [-0.1, -0.05) is 35.9 Å². The van der Waals surface area contributed by atoms with E-state index in [9.17, 15) is 0 Å². The van der Waals surface area contributed by atoms with E-state index < -0.39 is 0 Å². The van der Waals surface area contributed by atoms with E-state index in [1.54, 1.807) is 14.2 Å². The molecule has 0 bridgehead atoms. The van der Waals surface area contributed by atoms with E-state index in [0.717, 1.165) is 38.4 Å². The minimum Gasteiger partial charge on any atom is -0.497 e. The number of fused-ring (bicyclic) bond motifs is 1. The van der Waals surface area contributed by atoms with Crippen LogP contribution in [0.15, 0.2) is 54.6 Å². The van der Waals surface area contributed by atoms with Crippen LogP contribution >= 0.6 is 11.6 Å². The van der Waals surface area contributed by atoms with Gasteiger partial charge in [-0.25, -0.2) is 0 Å². The predicted molar refractivity (Wildman–Crippen MR) is 87.5 cm³/mol. The third-order valence-electron chi connectivity index (χ3n) is 3.54. The first kappa shape index (κ1) is 13.8. The Hall–Kier alpha value is -2.19. The lowest BCUT2D eigenvalue weighted by Gasteiger charge is -2.13. The van der Waals surface area contributed by atoms with Crippen LogP contribution in [0.3, 0.4) is 0 Å². The zero-order valence-electron chi connectivity index (χ0n) is 11.9. The third kappa shape index (κ3) is 2.55. The van der Waals surface area contributed by atoms with Crippen LogP contribution in [0.25, 0.3) is 21.9 Å². The molecule has 0 N–H and O–H groups in total. The first-order valence-corrected chi connectivity index (χ1v) is 7.01. The second-order valence-corrected chi connectivity index (χ2v) is 5.18. The van der Waals surface area contributed by atoms with E-state index in [4.69, 9.17) is 21.1 Å². The highest BCUT2D eigenvalue weighted by Crippen LogP contribution is 2.38. The van der Waals surface area contributed by atoms with Gasteiger partial charge in [0.2, 0.25) is 0 Å². The minimum atomic E-state index is 0.725. The van der Waals surface area contributed by atoms with Crippen molar-refractivity contribution in [1.82, 2.24) is 0 Å². The number of methoxy groups -OCH3 is 2. The van der Waals surface area contributed by atoms with Gasteiger partial charge in [-0.3, -0.25) is 0 Å². The van der Waals surface area contributed by atoms with E-state index in [2.05, 4.69) is 12.1 Å². The molecule has 106 valence electrons. The summed E-state index contributed by atoms with van der Waals surface area (Å²) in [6, 6.07) is 17.9. The lowest BCUT2D eigenvalue weighted by Crippen LogP contribution is -1.91. The first-order valence-electron chi connectivity index (χ1n) is 6.63. The fourth-order valence-corrected chi connectivity index (χ4v) is 2.61. The average molecular weight is 299 g/mol. The van der Waals surface area contributed by atoms with Crippen molar-refractivity contribution in [3.63, 3.8) is 0 Å². The summed E-state index contributed by atoms with van der Waals surface area (Å²) in [4.78, 5) is 0. The normalized spacial score (nSPS) is 10.6. The molecule has 0 aliphatic carbocycles. The maximum absolute atomic E-state index is 5.96. The number of halogens is 1. The molecule has 0 aromatic heterocycles. The summed E-state index contributed by atoms with van der Waals surface area (Å²) >= 11 is 5.96. The molecule has 2 nitrogen and oxygen atoms in total. The summed E-state index contributed by atoms with van der Waals surface area (Å²) in [7, 11) is 3.36. The Morgan fingerprint density at radius 2 is 1.57 bits per heavy atom. The standard InChI is InChI=1S/C18H15ClO2/c1-20-15-8-10-17-13(11-15)5-9-16(18(17)21-2)12-3-6-14(19)7-4-12/h3-11H,1-2H3. The second-order valence-electron chi connectivity index (χ2n) is 4.74. The fraction of sp³-hybridized carbons (Fsp3) is 0.111. The Labute approximate surface area is 128 Å². The maximum atomic E-state index is 5.96. The van der Waals surface area contributed by atoms with Crippen LogP contribution in [0.2, 0.25) is 5.02 Å². The van der Waals surface area contributed by atoms with Crippen molar-refractivity contribution >= 4 is 22.4 Å². The molecular weight excluding hydrogens is 284 g/mol. The quantitative estimate of drug-likeness (QED) is 0.663. The van der Waals surface area contributed by atoms with Crippen LogP contribution in [0.1, 0.15) is 0 Å². The summed E-state index contributed by atoms with van der Waals surface area (Å²) in [5, 5.41) is 2.87. The van der Waals surface area contributed by atoms with Gasteiger partial charge in [0.25, 0.3) is 0 Å². The van der Waals surface area contributed by atoms with E-state index in [-0.39, 0.29) is 0 Å². The number of hydrogen-bond donors (Lipinski definition) is 0. The van der Waals surface area contributed by atoms with Gasteiger partial charge in [0.15, 0.2) is 0 Å². The maximum Gasteiger partial charge on any atom is 0.134 e. The Kier molecular flexibility index (Phi) is 3.72. The van der Waals surface area contributed by atoms with Crippen molar-refractivity contribution in [2.24, 2.45) is 0 Å². The van der Waals surface area contributed by atoms with E-state index in [1.807, 2.05) is 42.5 Å². The zero-order chi connectivity index (χ0) is 14.8. The summed E-state index contributed by atoms with van der Waals surface area (Å²) in [6.07, 6.45) is 0. The summed E-state index contributed by atoms with van der Waals surface area (Å²) in [5.74, 6) is 1.70. The average Bonchev–Trinajstić information content (AvgIpc) is 2.54. The van der Waals surface area contributed by atoms with Crippen LogP contribution in [0, 0.1) is 0 Å². The highest BCUT2D eigenvalue weighted by Gasteiger charge is 2.10. The largest absolute Gasteiger partial charge is 0.497 e. The van der Waals surface area contributed by atoms with E-state index >= 15 is 0 Å². The van der Waals surface area contributed by atoms with Gasteiger partial charge >= 0.3 is 0 Å². The molecule has 0 aliphatic heterocycles. The van der Waals surface area contributed by atoms with Gasteiger partial charge in [0.1, 0.15) is 11.5 Å². The van der Waals surface area contributed by atoms with Crippen molar-refractivity contribution in [2.75, 3.05) is 14.2 Å².